The van der Waals surface area contributed by atoms with Gasteiger partial charge in [-0.05, 0) is 42.3 Å². The number of nitrogens with one attached hydrogen (secondary N) is 1. The van der Waals surface area contributed by atoms with Crippen LogP contribution in [0.1, 0.15) is 28.4 Å². The molecule has 0 bridgehead atoms. The third kappa shape index (κ3) is 2.93. The third-order valence-electron chi connectivity index (χ3n) is 3.44. The standard InChI is InChI=1S/C16H13F2NOS/c17-11-6-4-10(5-7-11)16(20)19-14-8-9-21-15-12(14)2-1-3-13(15)18/h1-7,14H,8-9H2,(H,19,20)/t14-/m0/s1. The van der Waals surface area contributed by atoms with Crippen LogP contribution in [0, 0.1) is 11.6 Å². The van der Waals surface area contributed by atoms with Crippen molar-refractivity contribution in [1.82, 2.24) is 5.32 Å². The molecular formula is C16H13F2NOS. The van der Waals surface area contributed by atoms with Crippen molar-refractivity contribution in [2.45, 2.75) is 17.4 Å². The SMILES string of the molecule is O=C(N[C@H]1CCSc2c(F)cccc21)c1ccc(F)cc1. The molecule has 21 heavy (non-hydrogen) atoms. The van der Waals surface area contributed by atoms with Gasteiger partial charge in [0.1, 0.15) is 11.6 Å². The summed E-state index contributed by atoms with van der Waals surface area (Å²) in [5.74, 6) is -0.157. The molecule has 0 aliphatic carbocycles. The van der Waals surface area contributed by atoms with E-state index >= 15 is 0 Å². The molecule has 2 nitrogen and oxygen atoms in total. The van der Waals surface area contributed by atoms with Crippen molar-refractivity contribution >= 4 is 17.7 Å². The largest absolute Gasteiger partial charge is 0.345 e. The number of rotatable bonds is 2. The van der Waals surface area contributed by atoms with Gasteiger partial charge in [-0.15, -0.1) is 11.8 Å². The molecule has 0 saturated heterocycles. The highest BCUT2D eigenvalue weighted by Gasteiger charge is 2.24. The average Bonchev–Trinajstić information content (AvgIpc) is 2.49. The summed E-state index contributed by atoms with van der Waals surface area (Å²) in [5, 5.41) is 2.90. The van der Waals surface area contributed by atoms with Crippen LogP contribution in [0.5, 0.6) is 0 Å². The Morgan fingerprint density at radius 3 is 2.67 bits per heavy atom. The maximum atomic E-state index is 13.8. The van der Waals surface area contributed by atoms with Crippen LogP contribution >= 0.6 is 11.8 Å². The highest BCUT2D eigenvalue weighted by molar-refractivity contribution is 7.99. The molecule has 1 aliphatic heterocycles. The molecule has 1 aliphatic rings. The fraction of sp³-hybridized carbons (Fsp3) is 0.188. The maximum absolute atomic E-state index is 13.8. The maximum Gasteiger partial charge on any atom is 0.251 e. The lowest BCUT2D eigenvalue weighted by atomic mass is 10.0. The molecule has 2 aromatic carbocycles. The topological polar surface area (TPSA) is 29.1 Å². The van der Waals surface area contributed by atoms with E-state index in [1.165, 1.54) is 42.1 Å². The Bertz CT molecular complexity index is 672. The van der Waals surface area contributed by atoms with E-state index in [1.807, 2.05) is 6.07 Å². The molecule has 5 heteroatoms. The molecule has 1 atom stereocenters. The second-order valence-electron chi connectivity index (χ2n) is 4.83. The molecule has 0 radical (unpaired) electrons. The van der Waals surface area contributed by atoms with Gasteiger partial charge in [0.2, 0.25) is 0 Å². The van der Waals surface area contributed by atoms with Crippen LogP contribution in [0.2, 0.25) is 0 Å². The summed E-state index contributed by atoms with van der Waals surface area (Å²) in [6.45, 7) is 0. The first-order chi connectivity index (χ1) is 10.1. The van der Waals surface area contributed by atoms with E-state index in [1.54, 1.807) is 6.07 Å². The summed E-state index contributed by atoms with van der Waals surface area (Å²) >= 11 is 1.47. The number of halogens is 2. The van der Waals surface area contributed by atoms with Crippen LogP contribution in [0.3, 0.4) is 0 Å². The number of carbonyl (C=O) groups excluding carboxylic acids is 1. The summed E-state index contributed by atoms with van der Waals surface area (Å²) in [5.41, 5.74) is 1.20. The van der Waals surface area contributed by atoms with Crippen LogP contribution in [-0.4, -0.2) is 11.7 Å². The van der Waals surface area contributed by atoms with Crippen LogP contribution in [0.25, 0.3) is 0 Å². The Balaban J connectivity index is 1.82. The summed E-state index contributed by atoms with van der Waals surface area (Å²) in [7, 11) is 0. The number of carbonyl (C=O) groups is 1. The number of thioether (sulfide) groups is 1. The van der Waals surface area contributed by atoms with Gasteiger partial charge >= 0.3 is 0 Å². The molecule has 1 heterocycles. The van der Waals surface area contributed by atoms with Crippen molar-refractivity contribution < 1.29 is 13.6 Å². The van der Waals surface area contributed by atoms with Crippen molar-refractivity contribution in [1.29, 1.82) is 0 Å². The van der Waals surface area contributed by atoms with Gasteiger partial charge in [0.05, 0.1) is 6.04 Å². The first-order valence-electron chi connectivity index (χ1n) is 6.63. The Labute approximate surface area is 125 Å². The Morgan fingerprint density at radius 1 is 1.14 bits per heavy atom. The molecule has 2 aromatic rings. The van der Waals surface area contributed by atoms with Gasteiger partial charge in [-0.3, -0.25) is 4.79 Å². The van der Waals surface area contributed by atoms with Crippen molar-refractivity contribution in [3.8, 4) is 0 Å². The van der Waals surface area contributed by atoms with E-state index in [-0.39, 0.29) is 23.6 Å². The fourth-order valence-electron chi connectivity index (χ4n) is 2.38. The smallest absolute Gasteiger partial charge is 0.251 e. The normalized spacial score (nSPS) is 17.1. The van der Waals surface area contributed by atoms with Gasteiger partial charge in [-0.2, -0.15) is 0 Å². The number of fused-ring (bicyclic) bond motifs is 1. The van der Waals surface area contributed by atoms with E-state index in [2.05, 4.69) is 5.32 Å². The Kier molecular flexibility index (Phi) is 3.92. The van der Waals surface area contributed by atoms with Gasteiger partial charge in [-0.1, -0.05) is 12.1 Å². The lowest BCUT2D eigenvalue weighted by Gasteiger charge is -2.26. The van der Waals surface area contributed by atoms with E-state index in [9.17, 15) is 13.6 Å². The van der Waals surface area contributed by atoms with Crippen molar-refractivity contribution in [2.24, 2.45) is 0 Å². The van der Waals surface area contributed by atoms with E-state index in [0.29, 0.717) is 10.5 Å². The summed E-state index contributed by atoms with van der Waals surface area (Å²) in [6, 6.07) is 10.1. The van der Waals surface area contributed by atoms with Gasteiger partial charge in [0, 0.05) is 16.2 Å². The molecule has 108 valence electrons. The van der Waals surface area contributed by atoms with Gasteiger partial charge < -0.3 is 5.32 Å². The zero-order valence-corrected chi connectivity index (χ0v) is 11.9. The number of benzene rings is 2. The van der Waals surface area contributed by atoms with E-state index in [0.717, 1.165) is 17.7 Å². The second kappa shape index (κ2) is 5.85. The zero-order valence-electron chi connectivity index (χ0n) is 11.1. The van der Waals surface area contributed by atoms with Crippen LogP contribution in [-0.2, 0) is 0 Å². The molecule has 3 rings (SSSR count). The van der Waals surface area contributed by atoms with Crippen LogP contribution < -0.4 is 5.32 Å². The summed E-state index contributed by atoms with van der Waals surface area (Å²) < 4.78 is 26.6. The van der Waals surface area contributed by atoms with Gasteiger partial charge in [0.15, 0.2) is 0 Å². The van der Waals surface area contributed by atoms with E-state index < -0.39 is 0 Å². The second-order valence-corrected chi connectivity index (χ2v) is 5.93. The summed E-state index contributed by atoms with van der Waals surface area (Å²) in [4.78, 5) is 12.8. The monoisotopic (exact) mass is 305 g/mol. The number of hydrogen-bond donors (Lipinski definition) is 1. The minimum Gasteiger partial charge on any atom is -0.345 e. The molecular weight excluding hydrogens is 292 g/mol. The first kappa shape index (κ1) is 14.1. The van der Waals surface area contributed by atoms with E-state index in [4.69, 9.17) is 0 Å². The minimum absolute atomic E-state index is 0.213. The Hall–Kier alpha value is -1.88. The quantitative estimate of drug-likeness (QED) is 0.911. The fourth-order valence-corrected chi connectivity index (χ4v) is 3.52. The minimum atomic E-state index is -0.381. The lowest BCUT2D eigenvalue weighted by molar-refractivity contribution is 0.0934. The first-order valence-corrected chi connectivity index (χ1v) is 7.61. The van der Waals surface area contributed by atoms with Gasteiger partial charge in [-0.25, -0.2) is 8.78 Å². The summed E-state index contributed by atoms with van der Waals surface area (Å²) in [6.07, 6.45) is 0.744. The molecule has 0 aromatic heterocycles. The molecule has 0 fully saturated rings. The number of amides is 1. The molecule has 0 spiro atoms. The highest BCUT2D eigenvalue weighted by atomic mass is 32.2. The van der Waals surface area contributed by atoms with Crippen molar-refractivity contribution in [3.63, 3.8) is 0 Å². The van der Waals surface area contributed by atoms with Crippen LogP contribution in [0.4, 0.5) is 8.78 Å². The zero-order chi connectivity index (χ0) is 14.8. The highest BCUT2D eigenvalue weighted by Crippen LogP contribution is 2.37. The average molecular weight is 305 g/mol. The predicted molar refractivity (Wildman–Crippen MR) is 78.3 cm³/mol. The van der Waals surface area contributed by atoms with Gasteiger partial charge in [0.25, 0.3) is 5.91 Å². The number of hydrogen-bond acceptors (Lipinski definition) is 2. The molecule has 0 saturated carbocycles. The predicted octanol–water partition coefficient (Wildman–Crippen LogP) is 3.93. The lowest BCUT2D eigenvalue weighted by Crippen LogP contribution is -2.30. The Morgan fingerprint density at radius 2 is 1.90 bits per heavy atom. The third-order valence-corrected chi connectivity index (χ3v) is 4.60. The van der Waals surface area contributed by atoms with Crippen LogP contribution in [0.15, 0.2) is 47.4 Å². The molecule has 0 unspecified atom stereocenters. The molecule has 1 N–H and O–H groups in total. The van der Waals surface area contributed by atoms with Crippen molar-refractivity contribution in [2.75, 3.05) is 5.75 Å². The molecule has 1 amide bonds. The van der Waals surface area contributed by atoms with Crippen molar-refractivity contribution in [3.05, 3.63) is 65.2 Å².